The van der Waals surface area contributed by atoms with Gasteiger partial charge in [-0.15, -0.1) is 0 Å². The number of benzene rings is 1. The fourth-order valence-electron chi connectivity index (χ4n) is 4.75. The number of urea groups is 1. The zero-order valence-corrected chi connectivity index (χ0v) is 17.6. The first-order valence-corrected chi connectivity index (χ1v) is 11.6. The van der Waals surface area contributed by atoms with Gasteiger partial charge in [-0.1, -0.05) is 26.0 Å². The number of carbonyl (C=O) groups excluding carboxylic acids is 1. The number of likely N-dealkylation sites (tertiary alicyclic amines) is 1. The molecule has 3 heterocycles. The predicted molar refractivity (Wildman–Crippen MR) is 106 cm³/mol. The highest BCUT2D eigenvalue weighted by Crippen LogP contribution is 2.46. The number of amides is 2. The van der Waals surface area contributed by atoms with E-state index in [1.807, 2.05) is 13.8 Å². The maximum absolute atomic E-state index is 13.0. The van der Waals surface area contributed by atoms with Gasteiger partial charge in [0.1, 0.15) is 16.7 Å². The molecule has 0 aromatic heterocycles. The molecule has 3 aliphatic rings. The number of hydrogen-bond acceptors (Lipinski definition) is 4. The standard InChI is InChI=1S/C20H28FN3O4S/c1-14(2)10-24-13-20-12-23(11-17(28-20)9-18(20)29(24,26)27)19(25)22-8-7-15-3-5-16(21)6-4-15/h3-6,14,17-18H,7-13H2,1-2H3,(H,22,25)/t17-,18+,20+/m1/s1. The summed E-state index contributed by atoms with van der Waals surface area (Å²) in [6.07, 6.45) is 0.799. The average Bonchev–Trinajstić information content (AvgIpc) is 3.02. The lowest BCUT2D eigenvalue weighted by Gasteiger charge is -2.39. The number of nitrogens with zero attached hydrogens (tertiary/aromatic N) is 2. The molecule has 1 spiro atoms. The Morgan fingerprint density at radius 3 is 2.72 bits per heavy atom. The summed E-state index contributed by atoms with van der Waals surface area (Å²) in [5.74, 6) is -0.0568. The maximum atomic E-state index is 13.0. The third-order valence-corrected chi connectivity index (χ3v) is 8.31. The van der Waals surface area contributed by atoms with E-state index < -0.39 is 20.9 Å². The summed E-state index contributed by atoms with van der Waals surface area (Å²) in [7, 11) is -3.41. The van der Waals surface area contributed by atoms with E-state index in [4.69, 9.17) is 4.74 Å². The number of morpholine rings is 1. The summed E-state index contributed by atoms with van der Waals surface area (Å²) in [6, 6.07) is 6.00. The quantitative estimate of drug-likeness (QED) is 0.777. The number of sulfonamides is 1. The van der Waals surface area contributed by atoms with Crippen LogP contribution in [-0.4, -0.2) is 73.3 Å². The number of ether oxygens (including phenoxy) is 1. The minimum Gasteiger partial charge on any atom is -0.365 e. The molecule has 3 saturated heterocycles. The first-order valence-electron chi connectivity index (χ1n) is 10.1. The van der Waals surface area contributed by atoms with Crippen LogP contribution in [0.15, 0.2) is 24.3 Å². The Hall–Kier alpha value is -1.71. The third kappa shape index (κ3) is 3.87. The molecule has 2 bridgehead atoms. The van der Waals surface area contributed by atoms with Crippen molar-refractivity contribution in [1.29, 1.82) is 0 Å². The summed E-state index contributed by atoms with van der Waals surface area (Å²) < 4.78 is 46.6. The van der Waals surface area contributed by atoms with Gasteiger partial charge >= 0.3 is 6.03 Å². The largest absolute Gasteiger partial charge is 0.365 e. The van der Waals surface area contributed by atoms with Gasteiger partial charge in [-0.05, 0) is 36.5 Å². The molecule has 4 rings (SSSR count). The van der Waals surface area contributed by atoms with Crippen LogP contribution in [0.25, 0.3) is 0 Å². The first-order chi connectivity index (χ1) is 13.7. The third-order valence-electron chi connectivity index (χ3n) is 5.97. The minimum atomic E-state index is -3.41. The predicted octanol–water partition coefficient (Wildman–Crippen LogP) is 1.59. The van der Waals surface area contributed by atoms with Gasteiger partial charge in [0.25, 0.3) is 0 Å². The lowest BCUT2D eigenvalue weighted by Crippen LogP contribution is -2.58. The van der Waals surface area contributed by atoms with Gasteiger partial charge in [0, 0.05) is 26.2 Å². The second-order valence-corrected chi connectivity index (χ2v) is 10.9. The summed E-state index contributed by atoms with van der Waals surface area (Å²) in [4.78, 5) is 14.4. The molecule has 160 valence electrons. The van der Waals surface area contributed by atoms with Crippen molar-refractivity contribution < 1.29 is 22.3 Å². The normalized spacial score (nSPS) is 30.6. The number of carbonyl (C=O) groups is 1. The maximum Gasteiger partial charge on any atom is 0.317 e. The summed E-state index contributed by atoms with van der Waals surface area (Å²) in [5.41, 5.74) is 0.115. The van der Waals surface area contributed by atoms with E-state index in [1.165, 1.54) is 16.4 Å². The van der Waals surface area contributed by atoms with Crippen molar-refractivity contribution in [3.05, 3.63) is 35.6 Å². The Bertz CT molecular complexity index is 876. The van der Waals surface area contributed by atoms with E-state index in [2.05, 4.69) is 5.32 Å². The molecule has 29 heavy (non-hydrogen) atoms. The Morgan fingerprint density at radius 1 is 1.31 bits per heavy atom. The molecule has 0 aliphatic carbocycles. The van der Waals surface area contributed by atoms with Crippen LogP contribution in [0.3, 0.4) is 0 Å². The molecule has 7 nitrogen and oxygen atoms in total. The van der Waals surface area contributed by atoms with Crippen molar-refractivity contribution in [2.24, 2.45) is 5.92 Å². The van der Waals surface area contributed by atoms with E-state index in [0.29, 0.717) is 39.0 Å². The van der Waals surface area contributed by atoms with Gasteiger partial charge in [-0.3, -0.25) is 0 Å². The van der Waals surface area contributed by atoms with E-state index in [9.17, 15) is 17.6 Å². The van der Waals surface area contributed by atoms with Crippen LogP contribution in [-0.2, 0) is 21.2 Å². The SMILES string of the molecule is CC(C)CN1C[C@@]23CN(C(=O)NCCc4ccc(F)cc4)C[C@@H](C[C@@H]2S1(=O)=O)O3. The number of fused-ring (bicyclic) bond motifs is 1. The lowest BCUT2D eigenvalue weighted by atomic mass is 9.99. The molecule has 3 atom stereocenters. The molecule has 0 saturated carbocycles. The molecule has 3 aliphatic heterocycles. The van der Waals surface area contributed by atoms with Crippen LogP contribution < -0.4 is 5.32 Å². The van der Waals surface area contributed by atoms with E-state index >= 15 is 0 Å². The molecule has 9 heteroatoms. The number of nitrogens with one attached hydrogen (secondary N) is 1. The van der Waals surface area contributed by atoms with Gasteiger partial charge in [0.05, 0.1) is 12.6 Å². The molecule has 3 fully saturated rings. The zero-order chi connectivity index (χ0) is 20.8. The molecule has 1 aromatic rings. The fraction of sp³-hybridized carbons (Fsp3) is 0.650. The molecule has 0 unspecified atom stereocenters. The van der Waals surface area contributed by atoms with Crippen molar-refractivity contribution in [2.75, 3.05) is 32.7 Å². The van der Waals surface area contributed by atoms with E-state index in [0.717, 1.165) is 5.56 Å². The monoisotopic (exact) mass is 425 g/mol. The highest BCUT2D eigenvalue weighted by Gasteiger charge is 2.65. The molecule has 1 aromatic carbocycles. The van der Waals surface area contributed by atoms with Crippen molar-refractivity contribution in [3.63, 3.8) is 0 Å². The second-order valence-electron chi connectivity index (χ2n) is 8.75. The molecular weight excluding hydrogens is 397 g/mol. The van der Waals surface area contributed by atoms with Crippen molar-refractivity contribution in [3.8, 4) is 0 Å². The van der Waals surface area contributed by atoms with E-state index in [-0.39, 0.29) is 30.4 Å². The molecule has 1 N–H and O–H groups in total. The van der Waals surface area contributed by atoms with Crippen LogP contribution in [0.2, 0.25) is 0 Å². The van der Waals surface area contributed by atoms with Gasteiger partial charge < -0.3 is 15.0 Å². The Balaban J connectivity index is 1.39. The summed E-state index contributed by atoms with van der Waals surface area (Å²) >= 11 is 0. The Labute approximate surface area is 171 Å². The van der Waals surface area contributed by atoms with Crippen molar-refractivity contribution >= 4 is 16.1 Å². The number of halogens is 1. The van der Waals surface area contributed by atoms with Gasteiger partial charge in [-0.2, -0.15) is 4.31 Å². The minimum absolute atomic E-state index is 0.208. The van der Waals surface area contributed by atoms with Crippen LogP contribution >= 0.6 is 0 Å². The van der Waals surface area contributed by atoms with Crippen LogP contribution in [0.1, 0.15) is 25.8 Å². The smallest absolute Gasteiger partial charge is 0.317 e. The Kier molecular flexibility index (Phi) is 5.33. The van der Waals surface area contributed by atoms with Crippen molar-refractivity contribution in [1.82, 2.24) is 14.5 Å². The van der Waals surface area contributed by atoms with Crippen LogP contribution in [0.5, 0.6) is 0 Å². The first kappa shape index (κ1) is 20.6. The summed E-state index contributed by atoms with van der Waals surface area (Å²) in [6.45, 7) is 5.89. The lowest BCUT2D eigenvalue weighted by molar-refractivity contribution is -0.0957. The van der Waals surface area contributed by atoms with Gasteiger partial charge in [0.15, 0.2) is 0 Å². The van der Waals surface area contributed by atoms with Gasteiger partial charge in [-0.25, -0.2) is 17.6 Å². The van der Waals surface area contributed by atoms with E-state index in [1.54, 1.807) is 17.0 Å². The number of hydrogen-bond donors (Lipinski definition) is 1. The van der Waals surface area contributed by atoms with Crippen LogP contribution in [0.4, 0.5) is 9.18 Å². The molecule has 0 radical (unpaired) electrons. The molecule has 2 amide bonds. The molecular formula is C20H28FN3O4S. The topological polar surface area (TPSA) is 79.0 Å². The highest BCUT2D eigenvalue weighted by atomic mass is 32.2. The highest BCUT2D eigenvalue weighted by molar-refractivity contribution is 7.90. The average molecular weight is 426 g/mol. The zero-order valence-electron chi connectivity index (χ0n) is 16.8. The second kappa shape index (κ2) is 7.52. The Morgan fingerprint density at radius 2 is 2.03 bits per heavy atom. The fourth-order valence-corrected chi connectivity index (χ4v) is 7.22. The number of rotatable bonds is 5. The summed E-state index contributed by atoms with van der Waals surface area (Å²) in [5, 5.41) is 2.33. The van der Waals surface area contributed by atoms with Crippen molar-refractivity contribution in [2.45, 2.75) is 43.6 Å². The van der Waals surface area contributed by atoms with Crippen LogP contribution in [0, 0.1) is 11.7 Å². The van der Waals surface area contributed by atoms with Gasteiger partial charge in [0.2, 0.25) is 10.0 Å².